The molecule has 3 heteroatoms. The highest BCUT2D eigenvalue weighted by Crippen LogP contribution is 2.45. The molecule has 0 saturated heterocycles. The Kier molecular flexibility index (Phi) is 7.14. The topological polar surface area (TPSA) is 29.3 Å². The Hall–Kier alpha value is -6.97. The van der Waals surface area contributed by atoms with E-state index in [-0.39, 0.29) is 0 Å². The number of rotatable bonds is 6. The fraction of sp³-hybridized carbons (Fsp3) is 0. The molecule has 0 N–H and O–H groups in total. The van der Waals surface area contributed by atoms with Crippen LogP contribution in [0.25, 0.3) is 77.0 Å². The van der Waals surface area contributed by atoms with E-state index < -0.39 is 0 Å². The minimum Gasteiger partial charge on any atom is -0.438 e. The van der Waals surface area contributed by atoms with Gasteiger partial charge < -0.3 is 9.32 Å². The summed E-state index contributed by atoms with van der Waals surface area (Å²) in [7, 11) is 0. The van der Waals surface area contributed by atoms with Gasteiger partial charge in [-0.3, -0.25) is 0 Å². The molecule has 3 nitrogen and oxygen atoms in total. The van der Waals surface area contributed by atoms with Crippen LogP contribution in [0.3, 0.4) is 0 Å². The first-order chi connectivity index (χ1) is 25.8. The maximum Gasteiger partial charge on any atom is 0.227 e. The van der Waals surface area contributed by atoms with Crippen molar-refractivity contribution >= 4 is 60.7 Å². The van der Waals surface area contributed by atoms with Crippen LogP contribution < -0.4 is 4.90 Å². The van der Waals surface area contributed by atoms with Crippen LogP contribution in [0.5, 0.6) is 0 Å². The van der Waals surface area contributed by atoms with Gasteiger partial charge in [-0.1, -0.05) is 133 Å². The molecule has 0 spiro atoms. The van der Waals surface area contributed by atoms with Crippen LogP contribution in [0.2, 0.25) is 0 Å². The average Bonchev–Trinajstić information content (AvgIpc) is 3.58. The van der Waals surface area contributed by atoms with Gasteiger partial charge >= 0.3 is 0 Å². The molecule has 0 unspecified atom stereocenters. The van der Waals surface area contributed by atoms with Gasteiger partial charge in [0.2, 0.25) is 5.71 Å². The highest BCUT2D eigenvalue weighted by atomic mass is 16.3. The average molecular weight is 665 g/mol. The summed E-state index contributed by atoms with van der Waals surface area (Å²) < 4.78 is 6.34. The number of hydrogen-bond donors (Lipinski definition) is 0. The number of nitrogens with zero attached hydrogens (tertiary/aromatic N) is 2. The standard InChI is InChI=1S/C49H32N2O/c1-3-13-33(14-4-1)36-19-9-21-38(29-36)51(47-25-11-20-37-30-46-43-24-12-28-50-49(43)52-48(46)32-44(37)47)39-26-27-41(34-15-5-2-6-16-34)45(31-39)42-23-10-18-35-17-7-8-22-40(35)42/h1-32H. The van der Waals surface area contributed by atoms with Crippen molar-refractivity contribution < 1.29 is 4.42 Å². The van der Waals surface area contributed by atoms with Crippen LogP contribution in [0.1, 0.15) is 0 Å². The van der Waals surface area contributed by atoms with E-state index in [0.29, 0.717) is 5.71 Å². The number of furan rings is 1. The molecule has 52 heavy (non-hydrogen) atoms. The highest BCUT2D eigenvalue weighted by Gasteiger charge is 2.21. The van der Waals surface area contributed by atoms with Crippen molar-refractivity contribution in [2.24, 2.45) is 0 Å². The van der Waals surface area contributed by atoms with Gasteiger partial charge in [-0.05, 0) is 104 Å². The van der Waals surface area contributed by atoms with Crippen LogP contribution in [0.4, 0.5) is 17.1 Å². The first-order valence-electron chi connectivity index (χ1n) is 17.6. The summed E-state index contributed by atoms with van der Waals surface area (Å²) in [5, 5.41) is 6.76. The first-order valence-corrected chi connectivity index (χ1v) is 17.6. The molecular formula is C49H32N2O. The molecule has 0 aliphatic rings. The number of pyridine rings is 1. The number of benzene rings is 8. The molecule has 244 valence electrons. The predicted molar refractivity (Wildman–Crippen MR) is 218 cm³/mol. The number of fused-ring (bicyclic) bond motifs is 5. The van der Waals surface area contributed by atoms with Crippen LogP contribution in [-0.4, -0.2) is 4.98 Å². The third kappa shape index (κ3) is 5.10. The second-order valence-electron chi connectivity index (χ2n) is 13.2. The van der Waals surface area contributed by atoms with Crippen molar-refractivity contribution in [3.05, 3.63) is 194 Å². The molecule has 10 aromatic rings. The smallest absolute Gasteiger partial charge is 0.227 e. The Morgan fingerprint density at radius 3 is 1.96 bits per heavy atom. The summed E-state index contributed by atoms with van der Waals surface area (Å²) in [5.74, 6) is 0. The van der Waals surface area contributed by atoms with Crippen molar-refractivity contribution in [1.82, 2.24) is 4.98 Å². The van der Waals surface area contributed by atoms with E-state index in [9.17, 15) is 0 Å². The van der Waals surface area contributed by atoms with Gasteiger partial charge in [-0.15, -0.1) is 0 Å². The van der Waals surface area contributed by atoms with Gasteiger partial charge in [-0.25, -0.2) is 4.98 Å². The summed E-state index contributed by atoms with van der Waals surface area (Å²) in [6.45, 7) is 0. The minimum atomic E-state index is 0.651. The van der Waals surface area contributed by atoms with Crippen molar-refractivity contribution in [2.75, 3.05) is 4.90 Å². The normalized spacial score (nSPS) is 11.5. The first kappa shape index (κ1) is 29.9. The highest BCUT2D eigenvalue weighted by molar-refractivity contribution is 6.12. The van der Waals surface area contributed by atoms with Crippen LogP contribution in [0.15, 0.2) is 199 Å². The predicted octanol–water partition coefficient (Wildman–Crippen LogP) is 13.8. The zero-order chi connectivity index (χ0) is 34.4. The molecule has 2 aromatic heterocycles. The number of aromatic nitrogens is 1. The van der Waals surface area contributed by atoms with Gasteiger partial charge in [0.05, 0.1) is 5.69 Å². The zero-order valence-corrected chi connectivity index (χ0v) is 28.3. The van der Waals surface area contributed by atoms with E-state index in [4.69, 9.17) is 4.42 Å². The van der Waals surface area contributed by atoms with Gasteiger partial charge in [0.25, 0.3) is 0 Å². The lowest BCUT2D eigenvalue weighted by atomic mass is 9.90. The van der Waals surface area contributed by atoms with Gasteiger partial charge in [0, 0.05) is 33.7 Å². The van der Waals surface area contributed by atoms with Crippen molar-refractivity contribution in [1.29, 1.82) is 0 Å². The number of hydrogen-bond acceptors (Lipinski definition) is 3. The number of anilines is 3. The monoisotopic (exact) mass is 664 g/mol. The molecule has 0 aliphatic carbocycles. The summed E-state index contributed by atoms with van der Waals surface area (Å²) in [5.41, 5.74) is 11.7. The molecule has 0 fully saturated rings. The fourth-order valence-corrected chi connectivity index (χ4v) is 7.67. The quantitative estimate of drug-likeness (QED) is 0.177. The van der Waals surface area contributed by atoms with E-state index in [0.717, 1.165) is 49.8 Å². The van der Waals surface area contributed by atoms with Crippen LogP contribution >= 0.6 is 0 Å². The molecule has 0 amide bonds. The molecule has 0 aliphatic heterocycles. The lowest BCUT2D eigenvalue weighted by Gasteiger charge is -2.28. The van der Waals surface area contributed by atoms with Crippen molar-refractivity contribution in [3.63, 3.8) is 0 Å². The molecular weight excluding hydrogens is 633 g/mol. The summed E-state index contributed by atoms with van der Waals surface area (Å²) >= 11 is 0. The second-order valence-corrected chi connectivity index (χ2v) is 13.2. The largest absolute Gasteiger partial charge is 0.438 e. The van der Waals surface area contributed by atoms with E-state index in [1.807, 2.05) is 6.07 Å². The van der Waals surface area contributed by atoms with E-state index in [2.05, 4.69) is 192 Å². The molecule has 0 bridgehead atoms. The minimum absolute atomic E-state index is 0.651. The molecule has 0 atom stereocenters. The summed E-state index contributed by atoms with van der Waals surface area (Å²) in [4.78, 5) is 6.91. The third-order valence-electron chi connectivity index (χ3n) is 10.1. The van der Waals surface area contributed by atoms with Crippen molar-refractivity contribution in [3.8, 4) is 33.4 Å². The third-order valence-corrected chi connectivity index (χ3v) is 10.1. The van der Waals surface area contributed by atoms with Gasteiger partial charge in [0.1, 0.15) is 5.58 Å². The Morgan fingerprint density at radius 2 is 1.08 bits per heavy atom. The lowest BCUT2D eigenvalue weighted by molar-refractivity contribution is 0.654. The Labute approximate surface area is 301 Å². The van der Waals surface area contributed by atoms with E-state index in [1.165, 1.54) is 38.6 Å². The second kappa shape index (κ2) is 12.4. The lowest BCUT2D eigenvalue weighted by Crippen LogP contribution is -2.11. The Balaban J connectivity index is 1.25. The summed E-state index contributed by atoms with van der Waals surface area (Å²) in [6, 6.07) is 67.3. The fourth-order valence-electron chi connectivity index (χ4n) is 7.67. The Morgan fingerprint density at radius 1 is 0.385 bits per heavy atom. The molecule has 0 radical (unpaired) electrons. The zero-order valence-electron chi connectivity index (χ0n) is 28.3. The van der Waals surface area contributed by atoms with Crippen LogP contribution in [0, 0.1) is 0 Å². The van der Waals surface area contributed by atoms with E-state index >= 15 is 0 Å². The van der Waals surface area contributed by atoms with Gasteiger partial charge in [-0.2, -0.15) is 0 Å². The molecule has 0 saturated carbocycles. The van der Waals surface area contributed by atoms with Crippen molar-refractivity contribution in [2.45, 2.75) is 0 Å². The maximum absolute atomic E-state index is 6.34. The molecule has 8 aromatic carbocycles. The molecule has 10 rings (SSSR count). The maximum atomic E-state index is 6.34. The summed E-state index contributed by atoms with van der Waals surface area (Å²) in [6.07, 6.45) is 1.78. The Bertz CT molecular complexity index is 2910. The molecule has 2 heterocycles. The SMILES string of the molecule is c1ccc(-c2cccc(N(c3ccc(-c4ccccc4)c(-c4cccc5ccccc45)c3)c3cccc4cc5c(cc34)oc3ncccc35)c2)cc1. The van der Waals surface area contributed by atoms with E-state index in [1.54, 1.807) is 6.20 Å². The van der Waals surface area contributed by atoms with Gasteiger partial charge in [0.15, 0.2) is 0 Å². The van der Waals surface area contributed by atoms with Crippen LogP contribution in [-0.2, 0) is 0 Å².